The van der Waals surface area contributed by atoms with Crippen molar-refractivity contribution in [1.82, 2.24) is 20.1 Å². The van der Waals surface area contributed by atoms with E-state index < -0.39 is 0 Å². The van der Waals surface area contributed by atoms with Crippen LogP contribution < -0.4 is 19.7 Å². The molecule has 1 N–H and O–H groups in total. The predicted molar refractivity (Wildman–Crippen MR) is 127 cm³/mol. The summed E-state index contributed by atoms with van der Waals surface area (Å²) in [4.78, 5) is 15.1. The maximum absolute atomic E-state index is 12.9. The van der Waals surface area contributed by atoms with Crippen molar-refractivity contribution in [2.24, 2.45) is 0 Å². The van der Waals surface area contributed by atoms with E-state index in [1.165, 1.54) is 18.2 Å². The van der Waals surface area contributed by atoms with Crippen molar-refractivity contribution in [2.75, 3.05) is 24.8 Å². The second kappa shape index (κ2) is 9.74. The number of nitrogens with zero attached hydrogens (tertiary/aromatic N) is 4. The van der Waals surface area contributed by atoms with E-state index in [1.54, 1.807) is 0 Å². The van der Waals surface area contributed by atoms with Crippen LogP contribution in [0.2, 0.25) is 0 Å². The van der Waals surface area contributed by atoms with Crippen LogP contribution in [-0.2, 0) is 11.3 Å². The number of benzene rings is 2. The highest BCUT2D eigenvalue weighted by atomic mass is 32.2. The number of nitrogens with one attached hydrogen (secondary N) is 1. The average Bonchev–Trinajstić information content (AvgIpc) is 3.50. The van der Waals surface area contributed by atoms with Crippen LogP contribution in [-0.4, -0.2) is 45.8 Å². The van der Waals surface area contributed by atoms with Gasteiger partial charge in [-0.15, -0.1) is 10.2 Å². The molecule has 2 aliphatic rings. The lowest BCUT2D eigenvalue weighted by Gasteiger charge is -2.28. The Hall–Kier alpha value is -3.20. The monoisotopic (exact) mass is 465 g/mol. The van der Waals surface area contributed by atoms with Crippen LogP contribution in [0.1, 0.15) is 31.7 Å². The number of piperidine rings is 1. The topological polar surface area (TPSA) is 81.5 Å². The average molecular weight is 466 g/mol. The molecular weight excluding hydrogens is 438 g/mol. The number of aromatic nitrogens is 3. The van der Waals surface area contributed by atoms with Crippen molar-refractivity contribution < 1.29 is 14.3 Å². The van der Waals surface area contributed by atoms with Gasteiger partial charge in [0, 0.05) is 19.6 Å². The molecule has 3 heterocycles. The molecule has 1 amide bonds. The van der Waals surface area contributed by atoms with Gasteiger partial charge in [0.25, 0.3) is 0 Å². The molecule has 3 aromatic rings. The van der Waals surface area contributed by atoms with Crippen molar-refractivity contribution in [3.05, 3.63) is 54.1 Å². The Labute approximate surface area is 197 Å². The lowest BCUT2D eigenvalue weighted by atomic mass is 10.1. The summed E-state index contributed by atoms with van der Waals surface area (Å²) >= 11 is 1.42. The number of carbonyl (C=O) groups is 1. The van der Waals surface area contributed by atoms with Crippen molar-refractivity contribution >= 4 is 23.6 Å². The highest BCUT2D eigenvalue weighted by Crippen LogP contribution is 2.33. The first kappa shape index (κ1) is 21.6. The van der Waals surface area contributed by atoms with Gasteiger partial charge in [-0.25, -0.2) is 0 Å². The number of anilines is 1. The molecule has 1 aromatic heterocycles. The summed E-state index contributed by atoms with van der Waals surface area (Å²) < 4.78 is 12.8. The summed E-state index contributed by atoms with van der Waals surface area (Å²) in [6, 6.07) is 15.8. The van der Waals surface area contributed by atoms with E-state index in [4.69, 9.17) is 9.47 Å². The summed E-state index contributed by atoms with van der Waals surface area (Å²) in [5, 5.41) is 12.4. The van der Waals surface area contributed by atoms with E-state index in [-0.39, 0.29) is 18.0 Å². The zero-order valence-electron chi connectivity index (χ0n) is 18.6. The maximum Gasteiger partial charge on any atom is 0.233 e. The molecule has 0 bridgehead atoms. The Bertz CT molecular complexity index is 1110. The van der Waals surface area contributed by atoms with Crippen molar-refractivity contribution in [2.45, 2.75) is 43.1 Å². The van der Waals surface area contributed by atoms with E-state index in [0.717, 1.165) is 48.9 Å². The summed E-state index contributed by atoms with van der Waals surface area (Å²) in [5.74, 6) is 2.24. The molecule has 5 rings (SSSR count). The predicted octanol–water partition coefficient (Wildman–Crippen LogP) is 3.78. The van der Waals surface area contributed by atoms with E-state index >= 15 is 0 Å². The van der Waals surface area contributed by atoms with E-state index in [1.807, 2.05) is 55.5 Å². The van der Waals surface area contributed by atoms with Gasteiger partial charge in [-0.2, -0.15) is 0 Å². The highest BCUT2D eigenvalue weighted by molar-refractivity contribution is 8.00. The molecule has 1 fully saturated rings. The quantitative estimate of drug-likeness (QED) is 0.532. The number of ether oxygens (including phenoxy) is 2. The number of fused-ring (bicyclic) bond motifs is 1. The summed E-state index contributed by atoms with van der Waals surface area (Å²) in [5.41, 5.74) is 1.96. The van der Waals surface area contributed by atoms with Crippen LogP contribution in [0.15, 0.2) is 53.7 Å². The molecule has 172 valence electrons. The van der Waals surface area contributed by atoms with E-state index in [9.17, 15) is 4.79 Å². The van der Waals surface area contributed by atoms with Gasteiger partial charge in [0.1, 0.15) is 0 Å². The van der Waals surface area contributed by atoms with Gasteiger partial charge in [0.05, 0.1) is 10.9 Å². The third-order valence-electron chi connectivity index (χ3n) is 5.82. The van der Waals surface area contributed by atoms with Crippen molar-refractivity contribution in [3.8, 4) is 17.2 Å². The molecule has 2 aliphatic heterocycles. The minimum absolute atomic E-state index is 0.0557. The number of rotatable bonds is 7. The second-order valence-corrected chi connectivity index (χ2v) is 9.47. The second-order valence-electron chi connectivity index (χ2n) is 8.17. The van der Waals surface area contributed by atoms with Crippen molar-refractivity contribution in [3.63, 3.8) is 0 Å². The smallest absolute Gasteiger partial charge is 0.233 e. The number of thioether (sulfide) groups is 1. The number of amides is 1. The zero-order chi connectivity index (χ0) is 22.6. The molecule has 0 saturated carbocycles. The lowest BCUT2D eigenvalue weighted by Crippen LogP contribution is -2.32. The van der Waals surface area contributed by atoms with Crippen LogP contribution in [0, 0.1) is 0 Å². The van der Waals surface area contributed by atoms with Gasteiger partial charge in [0.2, 0.25) is 18.6 Å². The first-order valence-electron chi connectivity index (χ1n) is 11.3. The van der Waals surface area contributed by atoms with Gasteiger partial charge in [0.15, 0.2) is 16.7 Å². The molecule has 0 spiro atoms. The Morgan fingerprint density at radius 1 is 1.06 bits per heavy atom. The third-order valence-corrected chi connectivity index (χ3v) is 6.87. The summed E-state index contributed by atoms with van der Waals surface area (Å²) in [6.07, 6.45) is 3.56. The lowest BCUT2D eigenvalue weighted by molar-refractivity contribution is -0.120. The first-order chi connectivity index (χ1) is 16.2. The fraction of sp³-hybridized carbons (Fsp3) is 0.375. The summed E-state index contributed by atoms with van der Waals surface area (Å²) in [6.45, 7) is 4.50. The van der Waals surface area contributed by atoms with E-state index in [0.29, 0.717) is 17.5 Å². The van der Waals surface area contributed by atoms with Gasteiger partial charge >= 0.3 is 0 Å². The largest absolute Gasteiger partial charge is 0.454 e. The number of para-hydroxylation sites is 1. The number of carbonyl (C=O) groups excluding carboxylic acids is 1. The number of hydrogen-bond acceptors (Lipinski definition) is 7. The molecule has 1 atom stereocenters. The van der Waals surface area contributed by atoms with Gasteiger partial charge in [-0.3, -0.25) is 9.36 Å². The minimum Gasteiger partial charge on any atom is -0.454 e. The van der Waals surface area contributed by atoms with Gasteiger partial charge in [-0.05, 0) is 56.0 Å². The Morgan fingerprint density at radius 2 is 1.85 bits per heavy atom. The van der Waals surface area contributed by atoms with Crippen LogP contribution in [0.3, 0.4) is 0 Å². The zero-order valence-corrected chi connectivity index (χ0v) is 19.4. The Balaban J connectivity index is 1.29. The SMILES string of the molecule is CC(Sc1nnc(N2CCCCC2)n1-c1ccccc1)C(=O)NCc1ccc2c(c1)OCO2. The van der Waals surface area contributed by atoms with Crippen LogP contribution in [0.5, 0.6) is 11.5 Å². The molecular formula is C24H27N5O3S. The van der Waals surface area contributed by atoms with Crippen LogP contribution in [0.25, 0.3) is 5.69 Å². The van der Waals surface area contributed by atoms with Gasteiger partial charge in [-0.1, -0.05) is 36.0 Å². The van der Waals surface area contributed by atoms with Crippen LogP contribution >= 0.6 is 11.8 Å². The normalized spacial score (nSPS) is 16.0. The number of hydrogen-bond donors (Lipinski definition) is 1. The fourth-order valence-corrected chi connectivity index (χ4v) is 4.92. The molecule has 0 aliphatic carbocycles. The standard InChI is InChI=1S/C24H27N5O3S/c1-17(22(30)25-15-18-10-11-20-21(14-18)32-16-31-20)33-24-27-26-23(28-12-6-3-7-13-28)29(24)19-8-4-2-5-9-19/h2,4-5,8-11,14,17H,3,6-7,12-13,15-16H2,1H3,(H,25,30). The molecule has 1 saturated heterocycles. The highest BCUT2D eigenvalue weighted by Gasteiger charge is 2.24. The third kappa shape index (κ3) is 4.78. The maximum atomic E-state index is 12.9. The fourth-order valence-electron chi connectivity index (χ4n) is 4.04. The molecule has 0 radical (unpaired) electrons. The molecule has 9 heteroatoms. The minimum atomic E-state index is -0.333. The van der Waals surface area contributed by atoms with E-state index in [2.05, 4.69) is 25.0 Å². The van der Waals surface area contributed by atoms with Crippen molar-refractivity contribution in [1.29, 1.82) is 0 Å². The Morgan fingerprint density at radius 3 is 2.67 bits per heavy atom. The molecule has 33 heavy (non-hydrogen) atoms. The molecule has 2 aromatic carbocycles. The van der Waals surface area contributed by atoms with Gasteiger partial charge < -0.3 is 19.7 Å². The summed E-state index contributed by atoms with van der Waals surface area (Å²) in [7, 11) is 0. The Kier molecular flexibility index (Phi) is 6.39. The first-order valence-corrected chi connectivity index (χ1v) is 12.2. The molecule has 1 unspecified atom stereocenters. The van der Waals surface area contributed by atoms with Crippen LogP contribution in [0.4, 0.5) is 5.95 Å². The molecule has 8 nitrogen and oxygen atoms in total.